The molecule has 2 aromatic carbocycles. The number of carbonyl (C=O) groups is 2. The molecule has 0 bridgehead atoms. The highest BCUT2D eigenvalue weighted by atomic mass is 16.5. The SMILES string of the molecule is C[C@@H](NC(=O)COc1ccc(/C=N\NC(=O)CN2CCCCC2)cc1)c1ccccc1. The van der Waals surface area contributed by atoms with Crippen LogP contribution in [0.5, 0.6) is 5.75 Å². The lowest BCUT2D eigenvalue weighted by Crippen LogP contribution is -2.38. The van der Waals surface area contributed by atoms with Crippen LogP contribution in [0.2, 0.25) is 0 Å². The second-order valence-electron chi connectivity index (χ2n) is 7.69. The number of hydrogen-bond donors (Lipinski definition) is 2. The predicted octanol–water partition coefficient (Wildman–Crippen LogP) is 2.88. The molecule has 0 saturated carbocycles. The second kappa shape index (κ2) is 11.9. The van der Waals surface area contributed by atoms with Crippen molar-refractivity contribution in [3.63, 3.8) is 0 Å². The van der Waals surface area contributed by atoms with Gasteiger partial charge in [-0.05, 0) is 68.2 Å². The first-order valence-electron chi connectivity index (χ1n) is 10.7. The summed E-state index contributed by atoms with van der Waals surface area (Å²) in [6.07, 6.45) is 5.14. The monoisotopic (exact) mass is 422 g/mol. The van der Waals surface area contributed by atoms with E-state index in [2.05, 4.69) is 20.7 Å². The molecule has 1 heterocycles. The van der Waals surface area contributed by atoms with Crippen LogP contribution in [0.3, 0.4) is 0 Å². The van der Waals surface area contributed by atoms with Gasteiger partial charge in [-0.3, -0.25) is 14.5 Å². The van der Waals surface area contributed by atoms with Gasteiger partial charge >= 0.3 is 0 Å². The van der Waals surface area contributed by atoms with E-state index in [9.17, 15) is 9.59 Å². The summed E-state index contributed by atoms with van der Waals surface area (Å²) in [4.78, 5) is 26.2. The average Bonchev–Trinajstić information content (AvgIpc) is 2.80. The summed E-state index contributed by atoms with van der Waals surface area (Å²) in [7, 11) is 0. The summed E-state index contributed by atoms with van der Waals surface area (Å²) in [5, 5.41) is 6.93. The summed E-state index contributed by atoms with van der Waals surface area (Å²) >= 11 is 0. The first-order valence-corrected chi connectivity index (χ1v) is 10.7. The standard InChI is InChI=1S/C24H30N4O3/c1-19(21-8-4-2-5-9-21)26-24(30)18-31-22-12-10-20(11-13-22)16-25-27-23(29)17-28-14-6-3-7-15-28/h2,4-5,8-13,16,19H,3,6-7,14-15,17-18H2,1H3,(H,26,30)(H,27,29)/b25-16-/t19-/m1/s1. The smallest absolute Gasteiger partial charge is 0.258 e. The van der Waals surface area contributed by atoms with Crippen molar-refractivity contribution in [3.05, 3.63) is 65.7 Å². The molecule has 31 heavy (non-hydrogen) atoms. The Hall–Kier alpha value is -3.19. The molecule has 1 aliphatic rings. The number of benzene rings is 2. The van der Waals surface area contributed by atoms with Gasteiger partial charge in [0, 0.05) is 0 Å². The maximum atomic E-state index is 12.1. The van der Waals surface area contributed by atoms with Crippen molar-refractivity contribution >= 4 is 18.0 Å². The number of nitrogens with zero attached hydrogens (tertiary/aromatic N) is 2. The number of amides is 2. The summed E-state index contributed by atoms with van der Waals surface area (Å²) in [5.74, 6) is 0.307. The molecule has 1 fully saturated rings. The fourth-order valence-corrected chi connectivity index (χ4v) is 3.44. The highest BCUT2D eigenvalue weighted by molar-refractivity contribution is 5.83. The molecular weight excluding hydrogens is 392 g/mol. The van der Waals surface area contributed by atoms with Gasteiger partial charge in [0.1, 0.15) is 5.75 Å². The van der Waals surface area contributed by atoms with E-state index in [1.54, 1.807) is 18.3 Å². The van der Waals surface area contributed by atoms with Crippen LogP contribution >= 0.6 is 0 Å². The summed E-state index contributed by atoms with van der Waals surface area (Å²) < 4.78 is 5.56. The minimum atomic E-state index is -0.182. The quantitative estimate of drug-likeness (QED) is 0.481. The normalized spacial score (nSPS) is 15.4. The summed E-state index contributed by atoms with van der Waals surface area (Å²) in [6, 6.07) is 16.9. The van der Waals surface area contributed by atoms with E-state index in [-0.39, 0.29) is 24.5 Å². The zero-order valence-electron chi connectivity index (χ0n) is 17.9. The van der Waals surface area contributed by atoms with Crippen LogP contribution in [-0.4, -0.2) is 49.2 Å². The van der Waals surface area contributed by atoms with Crippen molar-refractivity contribution in [1.29, 1.82) is 0 Å². The molecule has 1 atom stereocenters. The van der Waals surface area contributed by atoms with E-state index in [1.165, 1.54) is 6.42 Å². The average molecular weight is 423 g/mol. The minimum Gasteiger partial charge on any atom is -0.484 e. The third-order valence-electron chi connectivity index (χ3n) is 5.15. The third-order valence-corrected chi connectivity index (χ3v) is 5.15. The van der Waals surface area contributed by atoms with Gasteiger partial charge < -0.3 is 10.1 Å². The van der Waals surface area contributed by atoms with Gasteiger partial charge in [0.05, 0.1) is 18.8 Å². The summed E-state index contributed by atoms with van der Waals surface area (Å²) in [6.45, 7) is 4.21. The molecule has 164 valence electrons. The van der Waals surface area contributed by atoms with Crippen LogP contribution in [0, 0.1) is 0 Å². The van der Waals surface area contributed by atoms with E-state index in [4.69, 9.17) is 4.74 Å². The van der Waals surface area contributed by atoms with Crippen molar-refractivity contribution in [2.75, 3.05) is 26.2 Å². The van der Waals surface area contributed by atoms with E-state index in [1.807, 2.05) is 49.4 Å². The number of ether oxygens (including phenoxy) is 1. The molecule has 3 rings (SSSR count). The highest BCUT2D eigenvalue weighted by Crippen LogP contribution is 2.13. The first-order chi connectivity index (χ1) is 15.1. The van der Waals surface area contributed by atoms with E-state index in [0.717, 1.165) is 37.1 Å². The Morgan fingerprint density at radius 1 is 1.03 bits per heavy atom. The maximum absolute atomic E-state index is 12.1. The Kier molecular flexibility index (Phi) is 8.60. The van der Waals surface area contributed by atoms with Gasteiger partial charge in [-0.15, -0.1) is 0 Å². The molecule has 0 spiro atoms. The Balaban J connectivity index is 1.37. The molecular formula is C24H30N4O3. The fraction of sp³-hybridized carbons (Fsp3) is 0.375. The van der Waals surface area contributed by atoms with Crippen molar-refractivity contribution in [3.8, 4) is 5.75 Å². The van der Waals surface area contributed by atoms with E-state index >= 15 is 0 Å². The second-order valence-corrected chi connectivity index (χ2v) is 7.69. The van der Waals surface area contributed by atoms with Crippen LogP contribution in [0.1, 0.15) is 43.4 Å². The van der Waals surface area contributed by atoms with Crippen LogP contribution in [0.15, 0.2) is 59.7 Å². The minimum absolute atomic E-state index is 0.0584. The zero-order chi connectivity index (χ0) is 21.9. The molecule has 7 heteroatoms. The number of piperidine rings is 1. The molecule has 2 amide bonds. The van der Waals surface area contributed by atoms with Crippen molar-refractivity contribution in [2.24, 2.45) is 5.10 Å². The molecule has 1 saturated heterocycles. The van der Waals surface area contributed by atoms with E-state index in [0.29, 0.717) is 12.3 Å². The number of carbonyl (C=O) groups excluding carboxylic acids is 2. The lowest BCUT2D eigenvalue weighted by molar-refractivity contribution is -0.124. The Morgan fingerprint density at radius 3 is 2.45 bits per heavy atom. The van der Waals surface area contributed by atoms with Gasteiger partial charge in [-0.25, -0.2) is 5.43 Å². The lowest BCUT2D eigenvalue weighted by Gasteiger charge is -2.25. The molecule has 0 radical (unpaired) electrons. The maximum Gasteiger partial charge on any atom is 0.258 e. The Bertz CT molecular complexity index is 862. The summed E-state index contributed by atoms with van der Waals surface area (Å²) in [5.41, 5.74) is 4.44. The number of likely N-dealkylation sites (tertiary alicyclic amines) is 1. The Morgan fingerprint density at radius 2 is 1.74 bits per heavy atom. The van der Waals surface area contributed by atoms with Crippen LogP contribution in [0.4, 0.5) is 0 Å². The van der Waals surface area contributed by atoms with Crippen LogP contribution < -0.4 is 15.5 Å². The fourth-order valence-electron chi connectivity index (χ4n) is 3.44. The van der Waals surface area contributed by atoms with Gasteiger partial charge in [0.2, 0.25) is 0 Å². The molecule has 0 unspecified atom stereocenters. The van der Waals surface area contributed by atoms with Gasteiger partial charge in [0.25, 0.3) is 11.8 Å². The van der Waals surface area contributed by atoms with Crippen molar-refractivity contribution in [1.82, 2.24) is 15.6 Å². The molecule has 2 N–H and O–H groups in total. The number of hydrogen-bond acceptors (Lipinski definition) is 5. The molecule has 0 aliphatic carbocycles. The van der Waals surface area contributed by atoms with Gasteiger partial charge in [-0.2, -0.15) is 5.10 Å². The topological polar surface area (TPSA) is 83.0 Å². The predicted molar refractivity (Wildman–Crippen MR) is 121 cm³/mol. The molecule has 1 aliphatic heterocycles. The van der Waals surface area contributed by atoms with Gasteiger partial charge in [-0.1, -0.05) is 36.8 Å². The van der Waals surface area contributed by atoms with Crippen LogP contribution in [-0.2, 0) is 9.59 Å². The highest BCUT2D eigenvalue weighted by Gasteiger charge is 2.13. The molecule has 2 aromatic rings. The number of hydrazone groups is 1. The van der Waals surface area contributed by atoms with E-state index < -0.39 is 0 Å². The largest absolute Gasteiger partial charge is 0.484 e. The third kappa shape index (κ3) is 7.86. The molecule has 0 aromatic heterocycles. The van der Waals surface area contributed by atoms with Gasteiger partial charge in [0.15, 0.2) is 6.61 Å². The van der Waals surface area contributed by atoms with Crippen molar-refractivity contribution in [2.45, 2.75) is 32.2 Å². The zero-order valence-corrected chi connectivity index (χ0v) is 17.9. The molecule has 7 nitrogen and oxygen atoms in total. The number of nitrogens with one attached hydrogen (secondary N) is 2. The first kappa shape index (κ1) is 22.5. The lowest BCUT2D eigenvalue weighted by atomic mass is 10.1. The van der Waals surface area contributed by atoms with Crippen LogP contribution in [0.25, 0.3) is 0 Å². The van der Waals surface area contributed by atoms with Crippen molar-refractivity contribution < 1.29 is 14.3 Å². The Labute approximate surface area is 183 Å². The number of rotatable bonds is 9.